The second kappa shape index (κ2) is 1.26. The van der Waals surface area contributed by atoms with Gasteiger partial charge in [-0.1, -0.05) is 24.3 Å². The summed E-state index contributed by atoms with van der Waals surface area (Å²) in [6.45, 7) is 0. The number of benzene rings is 1. The first-order valence-electron chi connectivity index (χ1n) is 3.44. The van der Waals surface area contributed by atoms with E-state index in [-0.39, 0.29) is 0 Å². The molecule has 1 aliphatic carbocycles. The summed E-state index contributed by atoms with van der Waals surface area (Å²) in [5, 5.41) is 0. The fourth-order valence-corrected chi connectivity index (χ4v) is 1.49. The SMILES string of the molecule is c1ccc2c(c1)CC1=C2O1. The van der Waals surface area contributed by atoms with Gasteiger partial charge in [0.2, 0.25) is 0 Å². The predicted molar refractivity (Wildman–Crippen MR) is 38.2 cm³/mol. The van der Waals surface area contributed by atoms with Gasteiger partial charge in [-0.25, -0.2) is 0 Å². The number of allylic oxidation sites excluding steroid dienone is 1. The highest BCUT2D eigenvalue weighted by atomic mass is 16.6. The van der Waals surface area contributed by atoms with Crippen molar-refractivity contribution in [3.8, 4) is 0 Å². The molecule has 1 aromatic rings. The zero-order valence-corrected chi connectivity index (χ0v) is 5.42. The third kappa shape index (κ3) is 0.397. The highest BCUT2D eigenvalue weighted by Gasteiger charge is 2.34. The van der Waals surface area contributed by atoms with E-state index < -0.39 is 0 Å². The Balaban J connectivity index is 2.30. The lowest BCUT2D eigenvalue weighted by Crippen LogP contribution is -1.86. The maximum absolute atomic E-state index is 5.21. The molecular weight excluding hydrogens is 124 g/mol. The summed E-state index contributed by atoms with van der Waals surface area (Å²) in [5.41, 5.74) is 2.72. The minimum absolute atomic E-state index is 1.02. The van der Waals surface area contributed by atoms with Crippen LogP contribution in [0.5, 0.6) is 0 Å². The highest BCUT2D eigenvalue weighted by molar-refractivity contribution is 5.79. The van der Waals surface area contributed by atoms with E-state index in [1.54, 1.807) is 0 Å². The van der Waals surface area contributed by atoms with Gasteiger partial charge in [0.15, 0.2) is 11.5 Å². The molecule has 0 atom stereocenters. The lowest BCUT2D eigenvalue weighted by atomic mass is 10.1. The third-order valence-electron chi connectivity index (χ3n) is 2.05. The van der Waals surface area contributed by atoms with E-state index in [0.717, 1.165) is 12.2 Å². The van der Waals surface area contributed by atoms with Crippen molar-refractivity contribution in [3.63, 3.8) is 0 Å². The zero-order valence-electron chi connectivity index (χ0n) is 5.42. The van der Waals surface area contributed by atoms with Gasteiger partial charge in [-0.2, -0.15) is 0 Å². The van der Waals surface area contributed by atoms with Crippen molar-refractivity contribution in [1.29, 1.82) is 0 Å². The van der Waals surface area contributed by atoms with Crippen LogP contribution in [-0.2, 0) is 11.2 Å². The number of rotatable bonds is 0. The van der Waals surface area contributed by atoms with E-state index >= 15 is 0 Å². The van der Waals surface area contributed by atoms with E-state index in [4.69, 9.17) is 4.74 Å². The van der Waals surface area contributed by atoms with Crippen molar-refractivity contribution < 1.29 is 4.74 Å². The van der Waals surface area contributed by atoms with Crippen molar-refractivity contribution in [2.75, 3.05) is 0 Å². The average Bonchev–Trinajstić information content (AvgIpc) is 2.64. The summed E-state index contributed by atoms with van der Waals surface area (Å²) in [6.07, 6.45) is 1.02. The number of fused-ring (bicyclic) bond motifs is 2. The lowest BCUT2D eigenvalue weighted by Gasteiger charge is -1.99. The molecule has 0 N–H and O–H groups in total. The second-order valence-corrected chi connectivity index (χ2v) is 2.69. The first kappa shape index (κ1) is 4.56. The van der Waals surface area contributed by atoms with Gasteiger partial charge in [-0.05, 0) is 5.56 Å². The summed E-state index contributed by atoms with van der Waals surface area (Å²) in [4.78, 5) is 0. The molecule has 1 heteroatoms. The van der Waals surface area contributed by atoms with Crippen LogP contribution in [0, 0.1) is 0 Å². The maximum Gasteiger partial charge on any atom is 0.173 e. The van der Waals surface area contributed by atoms with Gasteiger partial charge >= 0.3 is 0 Å². The summed E-state index contributed by atoms with van der Waals surface area (Å²) in [7, 11) is 0. The van der Waals surface area contributed by atoms with Gasteiger partial charge in [-0.3, -0.25) is 0 Å². The maximum atomic E-state index is 5.21. The van der Waals surface area contributed by atoms with Crippen molar-refractivity contribution in [2.24, 2.45) is 0 Å². The van der Waals surface area contributed by atoms with Crippen molar-refractivity contribution >= 4 is 5.76 Å². The summed E-state index contributed by atoms with van der Waals surface area (Å²) in [6, 6.07) is 8.40. The highest BCUT2D eigenvalue weighted by Crippen LogP contribution is 2.45. The Kier molecular flexibility index (Phi) is 0.575. The second-order valence-electron chi connectivity index (χ2n) is 2.69. The Morgan fingerprint density at radius 1 is 1.20 bits per heavy atom. The summed E-state index contributed by atoms with van der Waals surface area (Å²) in [5.74, 6) is 2.32. The molecule has 0 radical (unpaired) electrons. The van der Waals surface area contributed by atoms with Gasteiger partial charge in [0, 0.05) is 12.0 Å². The third-order valence-corrected chi connectivity index (χ3v) is 2.05. The Morgan fingerprint density at radius 2 is 2.10 bits per heavy atom. The largest absolute Gasteiger partial charge is 0.453 e. The lowest BCUT2D eigenvalue weighted by molar-refractivity contribution is 0.499. The topological polar surface area (TPSA) is 12.5 Å². The van der Waals surface area contributed by atoms with Gasteiger partial charge in [0.25, 0.3) is 0 Å². The molecule has 0 fully saturated rings. The molecule has 1 nitrogen and oxygen atoms in total. The van der Waals surface area contributed by atoms with Gasteiger partial charge in [0.1, 0.15) is 0 Å². The average molecular weight is 130 g/mol. The Labute approximate surface area is 58.9 Å². The van der Waals surface area contributed by atoms with E-state index in [9.17, 15) is 0 Å². The van der Waals surface area contributed by atoms with Crippen LogP contribution >= 0.6 is 0 Å². The van der Waals surface area contributed by atoms with Crippen molar-refractivity contribution in [3.05, 3.63) is 41.2 Å². The molecule has 10 heavy (non-hydrogen) atoms. The molecule has 0 spiro atoms. The number of ether oxygens (including phenoxy) is 1. The molecule has 1 heterocycles. The molecule has 2 aliphatic rings. The van der Waals surface area contributed by atoms with Crippen LogP contribution in [0.4, 0.5) is 0 Å². The molecule has 0 saturated heterocycles. The van der Waals surface area contributed by atoms with Crippen LogP contribution < -0.4 is 0 Å². The normalized spacial score (nSPS) is 18.0. The Bertz CT molecular complexity index is 336. The van der Waals surface area contributed by atoms with Crippen LogP contribution in [0.2, 0.25) is 0 Å². The molecule has 0 amide bonds. The molecule has 0 unspecified atom stereocenters. The van der Waals surface area contributed by atoms with Gasteiger partial charge in [0.05, 0.1) is 0 Å². The van der Waals surface area contributed by atoms with E-state index in [1.807, 2.05) is 0 Å². The molecule has 48 valence electrons. The van der Waals surface area contributed by atoms with Crippen LogP contribution in [0.3, 0.4) is 0 Å². The zero-order chi connectivity index (χ0) is 6.55. The molecule has 0 aromatic heterocycles. The number of hydrogen-bond donors (Lipinski definition) is 0. The first-order valence-corrected chi connectivity index (χ1v) is 3.44. The summed E-state index contributed by atoms with van der Waals surface area (Å²) >= 11 is 0. The van der Waals surface area contributed by atoms with E-state index in [2.05, 4.69) is 24.3 Å². The van der Waals surface area contributed by atoms with Gasteiger partial charge in [-0.15, -0.1) is 0 Å². The van der Waals surface area contributed by atoms with Gasteiger partial charge < -0.3 is 4.74 Å². The summed E-state index contributed by atoms with van der Waals surface area (Å²) < 4.78 is 5.21. The molecule has 1 aromatic carbocycles. The molecule has 0 saturated carbocycles. The minimum Gasteiger partial charge on any atom is -0.453 e. The number of hydrogen-bond acceptors (Lipinski definition) is 1. The van der Waals surface area contributed by atoms with Crippen LogP contribution in [0.15, 0.2) is 30.0 Å². The van der Waals surface area contributed by atoms with E-state index in [0.29, 0.717) is 0 Å². The van der Waals surface area contributed by atoms with Crippen LogP contribution in [0.1, 0.15) is 11.1 Å². The fourth-order valence-electron chi connectivity index (χ4n) is 1.49. The Hall–Kier alpha value is -1.24. The predicted octanol–water partition coefficient (Wildman–Crippen LogP) is 1.94. The first-order chi connectivity index (χ1) is 4.95. The monoisotopic (exact) mass is 130 g/mol. The van der Waals surface area contributed by atoms with Crippen LogP contribution in [-0.4, -0.2) is 0 Å². The smallest absolute Gasteiger partial charge is 0.173 e. The fraction of sp³-hybridized carbons (Fsp3) is 0.111. The minimum atomic E-state index is 1.02. The van der Waals surface area contributed by atoms with Crippen LogP contribution in [0.25, 0.3) is 5.76 Å². The quantitative estimate of drug-likeness (QED) is 0.522. The molecule has 3 rings (SSSR count). The Morgan fingerprint density at radius 3 is 3.00 bits per heavy atom. The van der Waals surface area contributed by atoms with Crippen molar-refractivity contribution in [2.45, 2.75) is 6.42 Å². The molecular formula is C9H6O. The molecule has 1 aliphatic heterocycles. The van der Waals surface area contributed by atoms with Crippen molar-refractivity contribution in [1.82, 2.24) is 0 Å². The van der Waals surface area contributed by atoms with E-state index in [1.165, 1.54) is 16.9 Å². The standard InChI is InChI=1S/C9H6O/c1-2-4-7-6(3-1)5-8-9(7)10-8/h1-4H,5H2. The molecule has 0 bridgehead atoms.